The van der Waals surface area contributed by atoms with Gasteiger partial charge < -0.3 is 5.73 Å². The third kappa shape index (κ3) is 3.58. The zero-order chi connectivity index (χ0) is 12.0. The highest BCUT2D eigenvalue weighted by molar-refractivity contribution is 7.07. The molecule has 3 heteroatoms. The molecule has 0 radical (unpaired) electrons. The van der Waals surface area contributed by atoms with Crippen molar-refractivity contribution >= 4 is 11.3 Å². The number of hydrogen-bond donors (Lipinski definition) is 1. The van der Waals surface area contributed by atoms with Crippen LogP contribution in [0.3, 0.4) is 0 Å². The molecule has 2 N–H and O–H groups in total. The summed E-state index contributed by atoms with van der Waals surface area (Å²) in [5.41, 5.74) is 7.51. The largest absolute Gasteiger partial charge is 0.326 e. The van der Waals surface area contributed by atoms with E-state index in [4.69, 9.17) is 5.73 Å². The van der Waals surface area contributed by atoms with Crippen LogP contribution in [0.25, 0.3) is 0 Å². The summed E-state index contributed by atoms with van der Waals surface area (Å²) in [6.07, 6.45) is 2.49. The molecule has 0 aliphatic heterocycles. The molecule has 0 aliphatic carbocycles. The monoisotopic (exact) mass is 240 g/mol. The molecule has 0 aliphatic rings. The summed E-state index contributed by atoms with van der Waals surface area (Å²) < 4.78 is 0. The Balaban J connectivity index is 2.75. The Kier molecular flexibility index (Phi) is 6.03. The van der Waals surface area contributed by atoms with Gasteiger partial charge in [-0.1, -0.05) is 20.3 Å². The van der Waals surface area contributed by atoms with Crippen LogP contribution in [-0.2, 0) is 0 Å². The van der Waals surface area contributed by atoms with Crippen LogP contribution in [0.15, 0.2) is 16.8 Å². The van der Waals surface area contributed by atoms with Gasteiger partial charge in [-0.3, -0.25) is 4.90 Å². The smallest absolute Gasteiger partial charge is 0.0504 e. The van der Waals surface area contributed by atoms with Gasteiger partial charge in [0.2, 0.25) is 0 Å². The van der Waals surface area contributed by atoms with Crippen molar-refractivity contribution < 1.29 is 0 Å². The van der Waals surface area contributed by atoms with Crippen molar-refractivity contribution in [1.29, 1.82) is 0 Å². The van der Waals surface area contributed by atoms with Crippen LogP contribution < -0.4 is 5.73 Å². The highest BCUT2D eigenvalue weighted by Crippen LogP contribution is 2.25. The van der Waals surface area contributed by atoms with Crippen LogP contribution >= 0.6 is 11.3 Å². The van der Waals surface area contributed by atoms with Crippen molar-refractivity contribution in [3.05, 3.63) is 22.4 Å². The molecule has 2 atom stereocenters. The number of likely N-dealkylation sites (N-methyl/N-ethyl adjacent to an activating group) is 1. The normalized spacial score (nSPS) is 15.3. The molecular weight excluding hydrogens is 216 g/mol. The second-order valence-corrected chi connectivity index (χ2v) is 5.12. The number of thiophene rings is 1. The first-order valence-corrected chi connectivity index (χ1v) is 7.16. The number of rotatable bonds is 7. The lowest BCUT2D eigenvalue weighted by atomic mass is 10.0. The van der Waals surface area contributed by atoms with E-state index in [9.17, 15) is 0 Å². The zero-order valence-corrected chi connectivity index (χ0v) is 11.5. The van der Waals surface area contributed by atoms with E-state index in [0.29, 0.717) is 6.04 Å². The number of nitrogens with zero attached hydrogens (tertiary/aromatic N) is 1. The van der Waals surface area contributed by atoms with Crippen LogP contribution in [0, 0.1) is 0 Å². The Morgan fingerprint density at radius 2 is 2.19 bits per heavy atom. The van der Waals surface area contributed by atoms with Gasteiger partial charge in [-0.15, -0.1) is 0 Å². The molecule has 1 aromatic rings. The fraction of sp³-hybridized carbons (Fsp3) is 0.692. The number of nitrogens with two attached hydrogens (primary N) is 1. The maximum atomic E-state index is 6.14. The predicted octanol–water partition coefficient (Wildman–Crippen LogP) is 3.26. The Morgan fingerprint density at radius 1 is 1.44 bits per heavy atom. The van der Waals surface area contributed by atoms with E-state index >= 15 is 0 Å². The summed E-state index contributed by atoms with van der Waals surface area (Å²) in [5.74, 6) is 0. The standard InChI is InChI=1S/C13H24N2S/c1-4-6-8-15(5-2)13(11(3)14)12-7-9-16-10-12/h7,9-11,13H,4-6,8,14H2,1-3H3. The zero-order valence-electron chi connectivity index (χ0n) is 10.6. The molecule has 1 rings (SSSR count). The fourth-order valence-electron chi connectivity index (χ4n) is 2.15. The van der Waals surface area contributed by atoms with Crippen molar-refractivity contribution in [1.82, 2.24) is 4.90 Å². The van der Waals surface area contributed by atoms with Crippen LogP contribution in [0.5, 0.6) is 0 Å². The Morgan fingerprint density at radius 3 is 2.62 bits per heavy atom. The average Bonchev–Trinajstić information content (AvgIpc) is 2.76. The van der Waals surface area contributed by atoms with Gasteiger partial charge in [0.05, 0.1) is 6.04 Å². The first-order chi connectivity index (χ1) is 7.70. The van der Waals surface area contributed by atoms with Crippen LogP contribution in [0.1, 0.15) is 45.2 Å². The topological polar surface area (TPSA) is 29.3 Å². The minimum atomic E-state index is 0.186. The Bertz CT molecular complexity index is 269. The van der Waals surface area contributed by atoms with Crippen molar-refractivity contribution in [2.24, 2.45) is 5.73 Å². The van der Waals surface area contributed by atoms with E-state index < -0.39 is 0 Å². The quantitative estimate of drug-likeness (QED) is 0.792. The maximum absolute atomic E-state index is 6.14. The van der Waals surface area contributed by atoms with E-state index in [1.807, 2.05) is 0 Å². The van der Waals surface area contributed by atoms with Crippen molar-refractivity contribution in [3.8, 4) is 0 Å². The molecule has 2 unspecified atom stereocenters. The number of hydrogen-bond acceptors (Lipinski definition) is 3. The summed E-state index contributed by atoms with van der Waals surface area (Å²) in [6, 6.07) is 2.77. The molecule has 0 saturated carbocycles. The first-order valence-electron chi connectivity index (χ1n) is 6.22. The average molecular weight is 240 g/mol. The van der Waals surface area contributed by atoms with Gasteiger partial charge >= 0.3 is 0 Å². The van der Waals surface area contributed by atoms with Gasteiger partial charge in [-0.05, 0) is 48.8 Å². The number of unbranched alkanes of at least 4 members (excludes halogenated alkanes) is 1. The summed E-state index contributed by atoms with van der Waals surface area (Å²) in [6.45, 7) is 8.78. The fourth-order valence-corrected chi connectivity index (χ4v) is 2.83. The van der Waals surface area contributed by atoms with E-state index in [0.717, 1.165) is 13.1 Å². The highest BCUT2D eigenvalue weighted by Gasteiger charge is 2.22. The highest BCUT2D eigenvalue weighted by atomic mass is 32.1. The molecule has 0 spiro atoms. The molecule has 0 aromatic carbocycles. The molecule has 0 amide bonds. The molecule has 0 fully saturated rings. The van der Waals surface area contributed by atoms with Crippen LogP contribution in [0.4, 0.5) is 0 Å². The first kappa shape index (κ1) is 13.7. The molecule has 1 heterocycles. The van der Waals surface area contributed by atoms with E-state index in [1.54, 1.807) is 11.3 Å². The van der Waals surface area contributed by atoms with E-state index in [-0.39, 0.29) is 6.04 Å². The lowest BCUT2D eigenvalue weighted by Gasteiger charge is -2.33. The van der Waals surface area contributed by atoms with Gasteiger partial charge in [-0.25, -0.2) is 0 Å². The van der Waals surface area contributed by atoms with Gasteiger partial charge in [0.1, 0.15) is 0 Å². The van der Waals surface area contributed by atoms with Crippen molar-refractivity contribution in [2.45, 2.75) is 45.7 Å². The third-order valence-electron chi connectivity index (χ3n) is 2.98. The maximum Gasteiger partial charge on any atom is 0.0504 e. The SMILES string of the molecule is CCCCN(CC)C(c1ccsc1)C(C)N. The van der Waals surface area contributed by atoms with Crippen LogP contribution in [0.2, 0.25) is 0 Å². The lowest BCUT2D eigenvalue weighted by molar-refractivity contribution is 0.183. The van der Waals surface area contributed by atoms with Crippen LogP contribution in [-0.4, -0.2) is 24.0 Å². The van der Waals surface area contributed by atoms with Gasteiger partial charge in [0.15, 0.2) is 0 Å². The van der Waals surface area contributed by atoms with E-state index in [2.05, 4.69) is 42.5 Å². The molecule has 92 valence electrons. The van der Waals surface area contributed by atoms with Crippen molar-refractivity contribution in [3.63, 3.8) is 0 Å². The Labute approximate surface area is 103 Å². The summed E-state index contributed by atoms with van der Waals surface area (Å²) in [4.78, 5) is 2.50. The molecule has 0 bridgehead atoms. The molecule has 2 nitrogen and oxygen atoms in total. The molecule has 16 heavy (non-hydrogen) atoms. The third-order valence-corrected chi connectivity index (χ3v) is 3.68. The summed E-state index contributed by atoms with van der Waals surface area (Å²) in [5, 5.41) is 4.36. The summed E-state index contributed by atoms with van der Waals surface area (Å²) in [7, 11) is 0. The van der Waals surface area contributed by atoms with Gasteiger partial charge in [-0.2, -0.15) is 11.3 Å². The minimum Gasteiger partial charge on any atom is -0.326 e. The molecule has 1 aromatic heterocycles. The lowest BCUT2D eigenvalue weighted by Crippen LogP contribution is -2.39. The van der Waals surface area contributed by atoms with Gasteiger partial charge in [0.25, 0.3) is 0 Å². The van der Waals surface area contributed by atoms with Crippen molar-refractivity contribution in [2.75, 3.05) is 13.1 Å². The minimum absolute atomic E-state index is 0.186. The predicted molar refractivity (Wildman–Crippen MR) is 72.9 cm³/mol. The second-order valence-electron chi connectivity index (χ2n) is 4.34. The van der Waals surface area contributed by atoms with E-state index in [1.165, 1.54) is 18.4 Å². The second kappa shape index (κ2) is 7.05. The Hall–Kier alpha value is -0.380. The molecular formula is C13H24N2S. The van der Waals surface area contributed by atoms with Gasteiger partial charge in [0, 0.05) is 6.04 Å². The summed E-state index contributed by atoms with van der Waals surface area (Å²) >= 11 is 1.75. The molecule has 0 saturated heterocycles.